The monoisotopic (exact) mass is 678 g/mol. The smallest absolute Gasteiger partial charge is 0.314 e. The van der Waals surface area contributed by atoms with Gasteiger partial charge in [0, 0.05) is 31.6 Å². The lowest BCUT2D eigenvalue weighted by molar-refractivity contribution is -0.209. The van der Waals surface area contributed by atoms with Crippen LogP contribution >= 0.6 is 0 Å². The molecule has 2 bridgehead atoms. The van der Waals surface area contributed by atoms with Gasteiger partial charge in [0.15, 0.2) is 0 Å². The summed E-state index contributed by atoms with van der Waals surface area (Å²) >= 11 is 0. The van der Waals surface area contributed by atoms with Crippen molar-refractivity contribution < 1.29 is 42.9 Å². The van der Waals surface area contributed by atoms with E-state index in [2.05, 4.69) is 45.9 Å². The third kappa shape index (κ3) is 7.15. The van der Waals surface area contributed by atoms with Crippen LogP contribution in [-0.2, 0) is 42.9 Å². The first-order valence-electron chi connectivity index (χ1n) is 17.1. The van der Waals surface area contributed by atoms with Crippen molar-refractivity contribution in [3.8, 4) is 0 Å². The van der Waals surface area contributed by atoms with Gasteiger partial charge in [-0.2, -0.15) is 0 Å². The van der Waals surface area contributed by atoms with Gasteiger partial charge >= 0.3 is 23.9 Å². The van der Waals surface area contributed by atoms with Crippen molar-refractivity contribution in [2.24, 2.45) is 34.0 Å². The average Bonchev–Trinajstić information content (AvgIpc) is 3.62. The lowest BCUT2D eigenvalue weighted by Crippen LogP contribution is -2.57. The minimum absolute atomic E-state index is 0.0574. The molecule has 4 aliphatic rings. The van der Waals surface area contributed by atoms with E-state index in [1.54, 1.807) is 27.7 Å². The molecule has 2 aliphatic carbocycles. The maximum atomic E-state index is 14.5. The van der Waals surface area contributed by atoms with Gasteiger partial charge in [0.1, 0.15) is 12.2 Å². The number of rotatable bonds is 13. The van der Waals surface area contributed by atoms with E-state index in [1.807, 2.05) is 13.8 Å². The van der Waals surface area contributed by atoms with Crippen molar-refractivity contribution in [3.63, 3.8) is 0 Å². The standard InChI is InChI=1S/C35H58O9Si2/c1-14-33(5,29(38)42-31(45(8,9)10)46(11,12)13)20-34(6,19-32(3,4)28(37)44-35(7)16-15-21(2)43-35)30(39)41-25-22-17-23-24(18-22)27(36)40-26(23)25/h22-26,31H,2,14-20H2,1,3-13H3. The molecule has 0 aromatic rings. The lowest BCUT2D eigenvalue weighted by atomic mass is 9.65. The van der Waals surface area contributed by atoms with Crippen molar-refractivity contribution in [1.82, 2.24) is 0 Å². The van der Waals surface area contributed by atoms with Crippen LogP contribution < -0.4 is 0 Å². The van der Waals surface area contributed by atoms with E-state index >= 15 is 0 Å². The molecule has 2 heterocycles. The van der Waals surface area contributed by atoms with E-state index < -0.39 is 62.3 Å². The fraction of sp³-hybridized carbons (Fsp3) is 0.829. The van der Waals surface area contributed by atoms with Gasteiger partial charge < -0.3 is 23.7 Å². The second-order valence-corrected chi connectivity index (χ2v) is 29.3. The quantitative estimate of drug-likeness (QED) is 0.116. The number of allylic oxidation sites excluding steroid dienone is 1. The van der Waals surface area contributed by atoms with Crippen LogP contribution in [-0.4, -0.2) is 63.4 Å². The van der Waals surface area contributed by atoms with Gasteiger partial charge in [0.25, 0.3) is 5.79 Å². The Kier molecular flexibility index (Phi) is 9.63. The fourth-order valence-electron chi connectivity index (χ4n) is 8.87. The molecule has 0 spiro atoms. The molecule has 0 radical (unpaired) electrons. The third-order valence-corrected chi connectivity index (χ3v) is 19.5. The Morgan fingerprint density at radius 1 is 0.957 bits per heavy atom. The van der Waals surface area contributed by atoms with Gasteiger partial charge in [-0.25, -0.2) is 0 Å². The summed E-state index contributed by atoms with van der Waals surface area (Å²) in [6.45, 7) is 28.0. The van der Waals surface area contributed by atoms with E-state index in [0.29, 0.717) is 31.4 Å². The van der Waals surface area contributed by atoms with Gasteiger partial charge in [0.05, 0.1) is 49.4 Å². The Labute approximate surface area is 277 Å². The number of hydrogen-bond acceptors (Lipinski definition) is 9. The number of hydrogen-bond donors (Lipinski definition) is 0. The van der Waals surface area contributed by atoms with Crippen molar-refractivity contribution >= 4 is 40.0 Å². The van der Waals surface area contributed by atoms with Gasteiger partial charge in [-0.3, -0.25) is 19.2 Å². The highest BCUT2D eigenvalue weighted by atomic mass is 28.4. The number of carbonyl (C=O) groups is 4. The predicted molar refractivity (Wildman–Crippen MR) is 180 cm³/mol. The van der Waals surface area contributed by atoms with E-state index in [-0.39, 0.29) is 47.9 Å². The first kappa shape index (κ1) is 36.7. The molecule has 4 fully saturated rings. The second-order valence-electron chi connectivity index (χ2n) is 18.2. The molecule has 8 atom stereocenters. The summed E-state index contributed by atoms with van der Waals surface area (Å²) in [5.74, 6) is -2.06. The second kappa shape index (κ2) is 12.1. The Bertz CT molecular complexity index is 1250. The summed E-state index contributed by atoms with van der Waals surface area (Å²) in [4.78, 5) is 54.8. The van der Waals surface area contributed by atoms with Gasteiger partial charge in [0.2, 0.25) is 0 Å². The van der Waals surface area contributed by atoms with Crippen molar-refractivity contribution in [2.75, 3.05) is 0 Å². The van der Waals surface area contributed by atoms with E-state index in [1.165, 1.54) is 0 Å². The molecule has 0 amide bonds. The maximum Gasteiger partial charge on any atom is 0.314 e. The zero-order valence-electron chi connectivity index (χ0n) is 30.3. The molecule has 46 heavy (non-hydrogen) atoms. The number of fused-ring (bicyclic) bond motifs is 1. The largest absolute Gasteiger partial charge is 0.470 e. The number of esters is 4. The molecule has 260 valence electrons. The van der Waals surface area contributed by atoms with Gasteiger partial charge in [-0.05, 0) is 59.8 Å². The van der Waals surface area contributed by atoms with Crippen LogP contribution in [0.2, 0.25) is 39.3 Å². The number of carbonyl (C=O) groups excluding carboxylic acids is 4. The topological polar surface area (TPSA) is 114 Å². The summed E-state index contributed by atoms with van der Waals surface area (Å²) in [6.07, 6.45) is 2.19. The summed E-state index contributed by atoms with van der Waals surface area (Å²) in [6, 6.07) is 0. The lowest BCUT2D eigenvalue weighted by Gasteiger charge is -2.43. The first-order valence-corrected chi connectivity index (χ1v) is 24.2. The summed E-state index contributed by atoms with van der Waals surface area (Å²) < 4.78 is 30.1. The van der Waals surface area contributed by atoms with E-state index in [0.717, 1.165) is 6.42 Å². The van der Waals surface area contributed by atoms with Crippen LogP contribution in [0.1, 0.15) is 86.5 Å². The molecule has 0 aromatic heterocycles. The highest BCUT2D eigenvalue weighted by Crippen LogP contribution is 2.56. The highest BCUT2D eigenvalue weighted by molar-refractivity contribution is 6.96. The van der Waals surface area contributed by atoms with Crippen molar-refractivity contribution in [2.45, 2.75) is 149 Å². The summed E-state index contributed by atoms with van der Waals surface area (Å²) in [5.41, 5.74) is -3.43. The fourth-order valence-corrected chi connectivity index (χ4v) is 20.2. The molecular formula is C35H58O9Si2. The molecular weight excluding hydrogens is 621 g/mol. The van der Waals surface area contributed by atoms with Crippen LogP contribution in [0, 0.1) is 34.0 Å². The van der Waals surface area contributed by atoms with E-state index in [4.69, 9.17) is 23.7 Å². The molecule has 11 heteroatoms. The SMILES string of the molecule is C=C1CCC(C)(OC(=O)C(C)(C)CC(C)(CC(C)(CC)C(=O)OC([Si](C)(C)C)[Si](C)(C)C)C(=O)OC2C3CC4C(=O)OC2C4C3)O1. The summed E-state index contributed by atoms with van der Waals surface area (Å²) in [7, 11) is -3.76. The van der Waals surface area contributed by atoms with Crippen LogP contribution in [0.25, 0.3) is 0 Å². The predicted octanol–water partition coefficient (Wildman–Crippen LogP) is 6.96. The van der Waals surface area contributed by atoms with Crippen molar-refractivity contribution in [3.05, 3.63) is 12.3 Å². The van der Waals surface area contributed by atoms with E-state index in [9.17, 15) is 19.2 Å². The molecule has 0 aromatic carbocycles. The third-order valence-electron chi connectivity index (χ3n) is 10.9. The van der Waals surface area contributed by atoms with Gasteiger partial charge in [-0.1, -0.05) is 52.8 Å². The summed E-state index contributed by atoms with van der Waals surface area (Å²) in [5, 5.41) is -0.107. The minimum Gasteiger partial charge on any atom is -0.470 e. The Hall–Kier alpha value is -2.15. The normalized spacial score (nSPS) is 31.6. The zero-order chi connectivity index (χ0) is 34.8. The van der Waals surface area contributed by atoms with Crippen molar-refractivity contribution in [1.29, 1.82) is 0 Å². The minimum atomic E-state index is -1.88. The maximum absolute atomic E-state index is 14.5. The highest BCUT2D eigenvalue weighted by Gasteiger charge is 2.64. The van der Waals surface area contributed by atoms with Crippen LogP contribution in [0.5, 0.6) is 0 Å². The van der Waals surface area contributed by atoms with Crippen LogP contribution in [0.15, 0.2) is 12.3 Å². The molecule has 2 saturated heterocycles. The van der Waals surface area contributed by atoms with Gasteiger partial charge in [-0.15, -0.1) is 0 Å². The van der Waals surface area contributed by atoms with Crippen LogP contribution in [0.4, 0.5) is 0 Å². The molecule has 9 nitrogen and oxygen atoms in total. The Morgan fingerprint density at radius 2 is 1.57 bits per heavy atom. The molecule has 8 unspecified atom stereocenters. The molecule has 0 N–H and O–H groups in total. The average molecular weight is 679 g/mol. The molecule has 2 saturated carbocycles. The molecule has 4 rings (SSSR count). The number of ether oxygens (including phenoxy) is 5. The zero-order valence-corrected chi connectivity index (χ0v) is 32.3. The molecule has 2 aliphatic heterocycles. The Morgan fingerprint density at radius 3 is 2.09 bits per heavy atom. The van der Waals surface area contributed by atoms with Crippen LogP contribution in [0.3, 0.4) is 0 Å². The first-order chi connectivity index (χ1) is 20.8. The Balaban J connectivity index is 1.63.